The molecule has 110 valence electrons. The van der Waals surface area contributed by atoms with E-state index in [1.54, 1.807) is 11.0 Å². The summed E-state index contributed by atoms with van der Waals surface area (Å²) in [4.78, 5) is 14.1. The lowest BCUT2D eigenvalue weighted by Crippen LogP contribution is -2.46. The van der Waals surface area contributed by atoms with Gasteiger partial charge >= 0.3 is 0 Å². The van der Waals surface area contributed by atoms with Crippen LogP contribution < -0.4 is 5.73 Å². The molecule has 1 heterocycles. The van der Waals surface area contributed by atoms with Crippen LogP contribution in [-0.4, -0.2) is 37.1 Å². The maximum atomic E-state index is 13.4. The normalized spacial score (nSPS) is 23.9. The Hall–Kier alpha value is -1.46. The number of methoxy groups -OCH3 is 1. The molecule has 1 aliphatic rings. The highest BCUT2D eigenvalue weighted by atomic mass is 19.1. The van der Waals surface area contributed by atoms with Crippen LogP contribution in [0.25, 0.3) is 0 Å². The minimum absolute atomic E-state index is 0.101. The van der Waals surface area contributed by atoms with Gasteiger partial charge in [0.15, 0.2) is 0 Å². The van der Waals surface area contributed by atoms with Crippen molar-refractivity contribution in [1.29, 1.82) is 0 Å². The minimum Gasteiger partial charge on any atom is -0.383 e. The van der Waals surface area contributed by atoms with E-state index in [1.165, 1.54) is 19.2 Å². The number of halogens is 1. The van der Waals surface area contributed by atoms with Crippen LogP contribution in [0.2, 0.25) is 0 Å². The van der Waals surface area contributed by atoms with Crippen LogP contribution in [0.5, 0.6) is 0 Å². The highest BCUT2D eigenvalue weighted by Gasteiger charge is 2.36. The second-order valence-electron chi connectivity index (χ2n) is 5.46. The summed E-state index contributed by atoms with van der Waals surface area (Å²) in [6, 6.07) is 5.66. The molecule has 5 heteroatoms. The molecule has 1 aliphatic heterocycles. The first kappa shape index (κ1) is 14.9. The summed E-state index contributed by atoms with van der Waals surface area (Å²) in [5.41, 5.74) is 6.66. The van der Waals surface area contributed by atoms with Gasteiger partial charge in [-0.25, -0.2) is 4.39 Å². The van der Waals surface area contributed by atoms with E-state index in [0.29, 0.717) is 12.5 Å². The summed E-state index contributed by atoms with van der Waals surface area (Å²) in [5, 5.41) is 0. The molecule has 0 saturated carbocycles. The standard InChI is InChI=1S/C15H21FN2O2/c1-10-6-14(11-4-3-5-12(16)7-11)18(8-10)15(19)13(17)9-20-2/h3-5,7,10,13-14H,6,8-9,17H2,1-2H3. The first-order valence-electron chi connectivity index (χ1n) is 6.83. The van der Waals surface area contributed by atoms with Gasteiger partial charge in [0.25, 0.3) is 0 Å². The number of carbonyl (C=O) groups excluding carboxylic acids is 1. The summed E-state index contributed by atoms with van der Waals surface area (Å²) >= 11 is 0. The molecule has 1 aromatic carbocycles. The zero-order chi connectivity index (χ0) is 14.7. The molecule has 1 aromatic rings. The number of ether oxygens (including phenoxy) is 1. The second-order valence-corrected chi connectivity index (χ2v) is 5.46. The Balaban J connectivity index is 2.20. The highest BCUT2D eigenvalue weighted by Crippen LogP contribution is 2.35. The van der Waals surface area contributed by atoms with E-state index < -0.39 is 6.04 Å². The van der Waals surface area contributed by atoms with Gasteiger partial charge in [0.1, 0.15) is 11.9 Å². The van der Waals surface area contributed by atoms with Crippen molar-refractivity contribution in [2.24, 2.45) is 11.7 Å². The number of hydrogen-bond donors (Lipinski definition) is 1. The van der Waals surface area contributed by atoms with Crippen LogP contribution >= 0.6 is 0 Å². The molecule has 0 spiro atoms. The highest BCUT2D eigenvalue weighted by molar-refractivity contribution is 5.82. The predicted molar refractivity (Wildman–Crippen MR) is 74.5 cm³/mol. The minimum atomic E-state index is -0.665. The van der Waals surface area contributed by atoms with Crippen molar-refractivity contribution in [3.05, 3.63) is 35.6 Å². The van der Waals surface area contributed by atoms with Crippen LogP contribution in [-0.2, 0) is 9.53 Å². The first-order chi connectivity index (χ1) is 9.52. The van der Waals surface area contributed by atoms with Gasteiger partial charge in [0.05, 0.1) is 12.6 Å². The molecule has 1 fully saturated rings. The molecular weight excluding hydrogens is 259 g/mol. The Morgan fingerprint density at radius 3 is 3.00 bits per heavy atom. The van der Waals surface area contributed by atoms with Gasteiger partial charge in [-0.2, -0.15) is 0 Å². The Bertz CT molecular complexity index is 481. The van der Waals surface area contributed by atoms with Gasteiger partial charge in [-0.15, -0.1) is 0 Å². The van der Waals surface area contributed by atoms with E-state index in [1.807, 2.05) is 6.07 Å². The van der Waals surface area contributed by atoms with Crippen molar-refractivity contribution in [3.8, 4) is 0 Å². The monoisotopic (exact) mass is 280 g/mol. The Labute approximate surface area is 118 Å². The zero-order valence-corrected chi connectivity index (χ0v) is 11.9. The summed E-state index contributed by atoms with van der Waals surface area (Å²) in [7, 11) is 1.52. The van der Waals surface area contributed by atoms with Crippen molar-refractivity contribution in [2.45, 2.75) is 25.4 Å². The van der Waals surface area contributed by atoms with Crippen LogP contribution in [0.3, 0.4) is 0 Å². The Morgan fingerprint density at radius 2 is 2.35 bits per heavy atom. The predicted octanol–water partition coefficient (Wildman–Crippen LogP) is 1.71. The van der Waals surface area contributed by atoms with E-state index in [0.717, 1.165) is 12.0 Å². The number of amides is 1. The first-order valence-corrected chi connectivity index (χ1v) is 6.83. The fourth-order valence-electron chi connectivity index (χ4n) is 2.78. The van der Waals surface area contributed by atoms with Gasteiger partial charge in [-0.05, 0) is 30.0 Å². The molecule has 2 N–H and O–H groups in total. The molecule has 0 aliphatic carbocycles. The molecular formula is C15H21FN2O2. The van der Waals surface area contributed by atoms with Gasteiger partial charge in [0, 0.05) is 13.7 Å². The molecule has 3 atom stereocenters. The Kier molecular flexibility index (Phi) is 4.73. The average Bonchev–Trinajstić information content (AvgIpc) is 2.80. The molecule has 4 nitrogen and oxygen atoms in total. The summed E-state index contributed by atoms with van der Waals surface area (Å²) < 4.78 is 18.3. The van der Waals surface area contributed by atoms with Crippen LogP contribution in [0.1, 0.15) is 24.9 Å². The lowest BCUT2D eigenvalue weighted by molar-refractivity contribution is -0.134. The fraction of sp³-hybridized carbons (Fsp3) is 0.533. The van der Waals surface area contributed by atoms with Crippen molar-refractivity contribution in [3.63, 3.8) is 0 Å². The van der Waals surface area contributed by atoms with E-state index >= 15 is 0 Å². The van der Waals surface area contributed by atoms with Gasteiger partial charge < -0.3 is 15.4 Å². The fourth-order valence-corrected chi connectivity index (χ4v) is 2.78. The van der Waals surface area contributed by atoms with E-state index in [-0.39, 0.29) is 24.4 Å². The number of nitrogens with zero attached hydrogens (tertiary/aromatic N) is 1. The maximum absolute atomic E-state index is 13.4. The van der Waals surface area contributed by atoms with Gasteiger partial charge in [-0.1, -0.05) is 19.1 Å². The molecule has 2 rings (SSSR count). The third-order valence-corrected chi connectivity index (χ3v) is 3.69. The molecule has 1 saturated heterocycles. The van der Waals surface area contributed by atoms with Gasteiger partial charge in [0.2, 0.25) is 5.91 Å². The van der Waals surface area contributed by atoms with Gasteiger partial charge in [-0.3, -0.25) is 4.79 Å². The third kappa shape index (κ3) is 3.16. The lowest BCUT2D eigenvalue weighted by Gasteiger charge is -2.27. The lowest BCUT2D eigenvalue weighted by atomic mass is 10.0. The number of rotatable bonds is 4. The summed E-state index contributed by atoms with van der Waals surface area (Å²) in [6.07, 6.45) is 0.828. The van der Waals surface area contributed by atoms with Crippen LogP contribution in [0, 0.1) is 11.7 Å². The van der Waals surface area contributed by atoms with Crippen LogP contribution in [0.15, 0.2) is 24.3 Å². The molecule has 1 amide bonds. The zero-order valence-electron chi connectivity index (χ0n) is 11.9. The number of nitrogens with two attached hydrogens (primary N) is 1. The number of likely N-dealkylation sites (tertiary alicyclic amines) is 1. The Morgan fingerprint density at radius 1 is 1.60 bits per heavy atom. The van der Waals surface area contributed by atoms with E-state index in [2.05, 4.69) is 6.92 Å². The van der Waals surface area contributed by atoms with Crippen molar-refractivity contribution < 1.29 is 13.9 Å². The van der Waals surface area contributed by atoms with Crippen LogP contribution in [0.4, 0.5) is 4.39 Å². The molecule has 3 unspecified atom stereocenters. The number of hydrogen-bond acceptors (Lipinski definition) is 3. The van der Waals surface area contributed by atoms with E-state index in [4.69, 9.17) is 10.5 Å². The molecule has 0 aromatic heterocycles. The number of carbonyl (C=O) groups is 1. The quantitative estimate of drug-likeness (QED) is 0.913. The smallest absolute Gasteiger partial charge is 0.242 e. The topological polar surface area (TPSA) is 55.6 Å². The largest absolute Gasteiger partial charge is 0.383 e. The molecule has 0 radical (unpaired) electrons. The third-order valence-electron chi connectivity index (χ3n) is 3.69. The van der Waals surface area contributed by atoms with Crippen molar-refractivity contribution in [1.82, 2.24) is 4.90 Å². The molecule has 0 bridgehead atoms. The van der Waals surface area contributed by atoms with Crippen molar-refractivity contribution in [2.75, 3.05) is 20.3 Å². The summed E-state index contributed by atoms with van der Waals surface area (Å²) in [5.74, 6) is -0.0388. The second kappa shape index (κ2) is 6.33. The van der Waals surface area contributed by atoms with E-state index in [9.17, 15) is 9.18 Å². The SMILES string of the molecule is COCC(N)C(=O)N1CC(C)CC1c1cccc(F)c1. The molecule has 20 heavy (non-hydrogen) atoms. The average molecular weight is 280 g/mol. The van der Waals surface area contributed by atoms with Crippen molar-refractivity contribution >= 4 is 5.91 Å². The maximum Gasteiger partial charge on any atom is 0.242 e. The summed E-state index contributed by atoms with van der Waals surface area (Å²) in [6.45, 7) is 2.93. The number of benzene rings is 1.